The number of benzene rings is 1. The Labute approximate surface area is 161 Å². The molecule has 0 saturated carbocycles. The van der Waals surface area contributed by atoms with Crippen LogP contribution in [-0.4, -0.2) is 50.7 Å². The second-order valence-electron chi connectivity index (χ2n) is 6.05. The second kappa shape index (κ2) is 12.4. The highest BCUT2D eigenvalue weighted by Gasteiger charge is 2.13. The fraction of sp³-hybridized carbons (Fsp3) is 0.556. The number of carbonyl (C=O) groups is 2. The van der Waals surface area contributed by atoms with Gasteiger partial charge < -0.3 is 25.4 Å². The average molecular weight is 388 g/mol. The summed E-state index contributed by atoms with van der Waals surface area (Å²) in [6.45, 7) is 9.04. The van der Waals surface area contributed by atoms with Crippen LogP contribution >= 0.6 is 12.4 Å². The zero-order valence-electron chi connectivity index (χ0n) is 16.0. The normalized spacial score (nSPS) is 11.3. The van der Waals surface area contributed by atoms with Crippen LogP contribution in [0.1, 0.15) is 38.1 Å². The van der Waals surface area contributed by atoms with E-state index in [-0.39, 0.29) is 42.9 Å². The van der Waals surface area contributed by atoms with Crippen molar-refractivity contribution in [2.45, 2.75) is 39.8 Å². The van der Waals surface area contributed by atoms with Gasteiger partial charge in [0.1, 0.15) is 0 Å². The summed E-state index contributed by atoms with van der Waals surface area (Å²) >= 11 is 0. The van der Waals surface area contributed by atoms with E-state index in [2.05, 4.69) is 16.0 Å². The summed E-state index contributed by atoms with van der Waals surface area (Å²) in [5, 5.41) is 8.83. The van der Waals surface area contributed by atoms with E-state index in [4.69, 9.17) is 9.47 Å². The number of likely N-dealkylation sites (N-methyl/N-ethyl adjacent to an activating group) is 1. The van der Waals surface area contributed by atoms with Crippen LogP contribution in [0.15, 0.2) is 18.2 Å². The number of carbonyl (C=O) groups excluding carboxylic acids is 2. The minimum Gasteiger partial charge on any atom is -0.493 e. The third kappa shape index (κ3) is 8.40. The Hall–Kier alpha value is -1.99. The zero-order valence-corrected chi connectivity index (χ0v) is 16.9. The van der Waals surface area contributed by atoms with Gasteiger partial charge in [-0.15, -0.1) is 12.4 Å². The van der Waals surface area contributed by atoms with Gasteiger partial charge in [0.2, 0.25) is 0 Å². The minimum absolute atomic E-state index is 0. The molecule has 1 atom stereocenters. The van der Waals surface area contributed by atoms with Crippen LogP contribution in [0.25, 0.3) is 0 Å². The first kappa shape index (κ1) is 24.0. The van der Waals surface area contributed by atoms with Gasteiger partial charge in [-0.2, -0.15) is 0 Å². The number of amides is 2. The Morgan fingerprint density at radius 3 is 2.42 bits per heavy atom. The van der Waals surface area contributed by atoms with Crippen molar-refractivity contribution in [3.63, 3.8) is 0 Å². The van der Waals surface area contributed by atoms with Crippen LogP contribution in [0.2, 0.25) is 0 Å². The lowest BCUT2D eigenvalue weighted by atomic mass is 10.2. The van der Waals surface area contributed by atoms with E-state index >= 15 is 0 Å². The molecule has 0 bridgehead atoms. The standard InChI is InChI=1S/C18H29N3O4.ClH/c1-6-19-13(4)10-20-18(23)14-7-8-15(16(9-14)24-5)25-11-17(22)21-12(2)3;/h7-9,12-13,19H,6,10-11H2,1-5H3,(H,20,23)(H,21,22);1H/t13-;/m1./s1. The van der Waals surface area contributed by atoms with Gasteiger partial charge in [0.25, 0.3) is 11.8 Å². The predicted octanol–water partition coefficient (Wildman–Crippen LogP) is 1.75. The van der Waals surface area contributed by atoms with Crippen molar-refractivity contribution >= 4 is 24.2 Å². The van der Waals surface area contributed by atoms with Gasteiger partial charge in [-0.1, -0.05) is 6.92 Å². The average Bonchev–Trinajstić information content (AvgIpc) is 2.57. The Morgan fingerprint density at radius 1 is 1.15 bits per heavy atom. The number of halogens is 1. The molecule has 8 heteroatoms. The van der Waals surface area contributed by atoms with Gasteiger partial charge in [0.05, 0.1) is 7.11 Å². The largest absolute Gasteiger partial charge is 0.493 e. The molecule has 0 heterocycles. The Bertz CT molecular complexity index is 582. The monoisotopic (exact) mass is 387 g/mol. The highest BCUT2D eigenvalue weighted by atomic mass is 35.5. The van der Waals surface area contributed by atoms with Gasteiger partial charge in [-0.05, 0) is 45.5 Å². The van der Waals surface area contributed by atoms with Crippen LogP contribution in [0, 0.1) is 0 Å². The molecule has 3 N–H and O–H groups in total. The van der Waals surface area contributed by atoms with E-state index in [9.17, 15) is 9.59 Å². The molecule has 0 unspecified atom stereocenters. The minimum atomic E-state index is -0.212. The van der Waals surface area contributed by atoms with E-state index in [0.29, 0.717) is 23.6 Å². The van der Waals surface area contributed by atoms with Gasteiger partial charge in [-0.25, -0.2) is 0 Å². The topological polar surface area (TPSA) is 88.7 Å². The van der Waals surface area contributed by atoms with Crippen LogP contribution < -0.4 is 25.4 Å². The van der Waals surface area contributed by atoms with Crippen LogP contribution in [0.5, 0.6) is 11.5 Å². The predicted molar refractivity (Wildman–Crippen MR) is 104 cm³/mol. The fourth-order valence-corrected chi connectivity index (χ4v) is 2.20. The summed E-state index contributed by atoms with van der Waals surface area (Å²) in [6, 6.07) is 5.12. The molecule has 26 heavy (non-hydrogen) atoms. The Morgan fingerprint density at radius 2 is 1.85 bits per heavy atom. The van der Waals surface area contributed by atoms with Crippen LogP contribution in [0.4, 0.5) is 0 Å². The summed E-state index contributed by atoms with van der Waals surface area (Å²) in [4.78, 5) is 23.9. The van der Waals surface area contributed by atoms with Crippen molar-refractivity contribution in [2.24, 2.45) is 0 Å². The van der Waals surface area contributed by atoms with Crippen molar-refractivity contribution in [1.29, 1.82) is 0 Å². The smallest absolute Gasteiger partial charge is 0.258 e. The molecule has 0 aliphatic carbocycles. The molecule has 1 aromatic rings. The Balaban J connectivity index is 0.00000625. The van der Waals surface area contributed by atoms with E-state index in [1.807, 2.05) is 27.7 Å². The maximum Gasteiger partial charge on any atom is 0.258 e. The van der Waals surface area contributed by atoms with Crippen molar-refractivity contribution in [3.05, 3.63) is 23.8 Å². The van der Waals surface area contributed by atoms with Gasteiger partial charge in [-0.3, -0.25) is 9.59 Å². The molecular formula is C18H30ClN3O4. The van der Waals surface area contributed by atoms with Gasteiger partial charge in [0, 0.05) is 24.2 Å². The van der Waals surface area contributed by atoms with E-state index in [0.717, 1.165) is 6.54 Å². The fourth-order valence-electron chi connectivity index (χ4n) is 2.20. The van der Waals surface area contributed by atoms with Crippen molar-refractivity contribution < 1.29 is 19.1 Å². The summed E-state index contributed by atoms with van der Waals surface area (Å²) in [6.07, 6.45) is 0. The van der Waals surface area contributed by atoms with E-state index in [1.54, 1.807) is 18.2 Å². The first-order valence-corrected chi connectivity index (χ1v) is 8.49. The second-order valence-corrected chi connectivity index (χ2v) is 6.05. The summed E-state index contributed by atoms with van der Waals surface area (Å²) in [7, 11) is 1.49. The highest BCUT2D eigenvalue weighted by Crippen LogP contribution is 2.28. The zero-order chi connectivity index (χ0) is 18.8. The first-order valence-electron chi connectivity index (χ1n) is 8.49. The Kier molecular flexibility index (Phi) is 11.4. The van der Waals surface area contributed by atoms with E-state index < -0.39 is 0 Å². The summed E-state index contributed by atoms with van der Waals surface area (Å²) in [5.41, 5.74) is 0.472. The highest BCUT2D eigenvalue weighted by molar-refractivity contribution is 5.94. The molecule has 148 valence electrons. The number of ether oxygens (including phenoxy) is 2. The van der Waals surface area contributed by atoms with Crippen molar-refractivity contribution in [2.75, 3.05) is 26.8 Å². The number of rotatable bonds is 10. The molecule has 7 nitrogen and oxygen atoms in total. The lowest BCUT2D eigenvalue weighted by molar-refractivity contribution is -0.123. The molecule has 0 radical (unpaired) electrons. The lowest BCUT2D eigenvalue weighted by Crippen LogP contribution is -2.38. The van der Waals surface area contributed by atoms with Crippen molar-refractivity contribution in [3.8, 4) is 11.5 Å². The molecule has 0 saturated heterocycles. The summed E-state index contributed by atoms with van der Waals surface area (Å²) < 4.78 is 10.7. The molecule has 2 amide bonds. The van der Waals surface area contributed by atoms with E-state index in [1.165, 1.54) is 7.11 Å². The first-order chi connectivity index (χ1) is 11.9. The lowest BCUT2D eigenvalue weighted by Gasteiger charge is -2.15. The number of hydrogen-bond donors (Lipinski definition) is 3. The van der Waals surface area contributed by atoms with Gasteiger partial charge >= 0.3 is 0 Å². The molecule has 1 aromatic carbocycles. The number of methoxy groups -OCH3 is 1. The molecule has 0 aromatic heterocycles. The third-order valence-corrected chi connectivity index (χ3v) is 3.36. The molecule has 0 aliphatic heterocycles. The molecule has 0 aliphatic rings. The van der Waals surface area contributed by atoms with Gasteiger partial charge in [0.15, 0.2) is 18.1 Å². The third-order valence-electron chi connectivity index (χ3n) is 3.36. The SMILES string of the molecule is CCN[C@H](C)CNC(=O)c1ccc(OCC(=O)NC(C)C)c(OC)c1.Cl. The van der Waals surface area contributed by atoms with Crippen LogP contribution in [-0.2, 0) is 4.79 Å². The number of hydrogen-bond acceptors (Lipinski definition) is 5. The van der Waals surface area contributed by atoms with Crippen LogP contribution in [0.3, 0.4) is 0 Å². The molecule has 0 fully saturated rings. The summed E-state index contributed by atoms with van der Waals surface area (Å²) in [5.74, 6) is 0.423. The maximum absolute atomic E-state index is 12.2. The molecular weight excluding hydrogens is 358 g/mol. The maximum atomic E-state index is 12.2. The quantitative estimate of drug-likeness (QED) is 0.569. The molecule has 0 spiro atoms. The molecule has 1 rings (SSSR count). The van der Waals surface area contributed by atoms with Crippen molar-refractivity contribution in [1.82, 2.24) is 16.0 Å². The number of nitrogens with one attached hydrogen (secondary N) is 3.